The van der Waals surface area contributed by atoms with Crippen molar-refractivity contribution in [2.45, 2.75) is 63.2 Å². The van der Waals surface area contributed by atoms with E-state index in [4.69, 9.17) is 4.52 Å². The normalized spacial score (nSPS) is 14.8. The number of hydrogen-bond acceptors (Lipinski definition) is 6. The summed E-state index contributed by atoms with van der Waals surface area (Å²) in [6.45, 7) is 5.18. The highest BCUT2D eigenvalue weighted by atomic mass is 32.2. The van der Waals surface area contributed by atoms with Crippen molar-refractivity contribution in [2.75, 3.05) is 18.4 Å². The van der Waals surface area contributed by atoms with Crippen molar-refractivity contribution < 1.29 is 17.7 Å². The maximum Gasteiger partial charge on any atom is 0.243 e. The third kappa shape index (κ3) is 6.55. The highest BCUT2D eigenvalue weighted by Crippen LogP contribution is 2.21. The van der Waals surface area contributed by atoms with Gasteiger partial charge in [0.05, 0.1) is 4.90 Å². The molecule has 1 saturated heterocycles. The Morgan fingerprint density at radius 3 is 2.29 bits per heavy atom. The summed E-state index contributed by atoms with van der Waals surface area (Å²) < 4.78 is 32.3. The van der Waals surface area contributed by atoms with Crippen molar-refractivity contribution in [3.8, 4) is 0 Å². The van der Waals surface area contributed by atoms with Gasteiger partial charge in [0.2, 0.25) is 21.8 Å². The van der Waals surface area contributed by atoms with E-state index in [0.29, 0.717) is 49.0 Å². The molecule has 2 heterocycles. The highest BCUT2D eigenvalue weighted by molar-refractivity contribution is 7.89. The first kappa shape index (κ1) is 25.1. The summed E-state index contributed by atoms with van der Waals surface area (Å²) in [5.41, 5.74) is 2.67. The molecule has 8 nitrogen and oxygen atoms in total. The van der Waals surface area contributed by atoms with Gasteiger partial charge in [-0.3, -0.25) is 4.79 Å². The second-order valence-electron chi connectivity index (χ2n) is 9.23. The molecule has 1 aromatic heterocycles. The number of nitrogens with one attached hydrogen (secondary N) is 1. The largest absolute Gasteiger partial charge is 0.339 e. The molecule has 1 fully saturated rings. The standard InChI is InChI=1S/C26H32N4O4S/c1-19(2)26-28-24(29-34-26)18-21-6-11-22(12-7-21)27-25(31)15-10-20-8-13-23(14-9-20)35(32,33)30-16-4-3-5-17-30/h6-9,11-14,19H,3-5,10,15-18H2,1-2H3,(H,27,31). The molecule has 0 spiro atoms. The Labute approximate surface area is 206 Å². The molecule has 9 heteroatoms. The number of carbonyl (C=O) groups is 1. The summed E-state index contributed by atoms with van der Waals surface area (Å²) in [6.07, 6.45) is 4.30. The van der Waals surface area contributed by atoms with Crippen LogP contribution >= 0.6 is 0 Å². The molecule has 2 aromatic carbocycles. The molecule has 1 aliphatic heterocycles. The zero-order chi connectivity index (χ0) is 24.8. The molecule has 0 aliphatic carbocycles. The van der Waals surface area contributed by atoms with Gasteiger partial charge in [0.1, 0.15) is 0 Å². The number of amides is 1. The topological polar surface area (TPSA) is 105 Å². The Morgan fingerprint density at radius 2 is 1.66 bits per heavy atom. The lowest BCUT2D eigenvalue weighted by Crippen LogP contribution is -2.35. The van der Waals surface area contributed by atoms with Crippen LogP contribution in [0.1, 0.15) is 68.3 Å². The number of hydrogen-bond donors (Lipinski definition) is 1. The third-order valence-corrected chi connectivity index (χ3v) is 8.01. The monoisotopic (exact) mass is 496 g/mol. The summed E-state index contributed by atoms with van der Waals surface area (Å²) in [7, 11) is -3.44. The van der Waals surface area contributed by atoms with Crippen LogP contribution in [-0.2, 0) is 27.7 Å². The second-order valence-corrected chi connectivity index (χ2v) is 11.2. The van der Waals surface area contributed by atoms with E-state index in [2.05, 4.69) is 15.5 Å². The van der Waals surface area contributed by atoms with Gasteiger partial charge in [0, 0.05) is 37.5 Å². The van der Waals surface area contributed by atoms with Crippen LogP contribution in [0.15, 0.2) is 57.9 Å². The van der Waals surface area contributed by atoms with Crippen LogP contribution in [0.2, 0.25) is 0 Å². The van der Waals surface area contributed by atoms with Gasteiger partial charge in [-0.15, -0.1) is 0 Å². The first-order valence-electron chi connectivity index (χ1n) is 12.1. The highest BCUT2D eigenvalue weighted by Gasteiger charge is 2.25. The Kier molecular flexibility index (Phi) is 7.97. The first-order chi connectivity index (χ1) is 16.8. The summed E-state index contributed by atoms with van der Waals surface area (Å²) in [6, 6.07) is 14.5. The fourth-order valence-electron chi connectivity index (χ4n) is 4.03. The molecule has 186 valence electrons. The number of rotatable bonds is 9. The van der Waals surface area contributed by atoms with E-state index >= 15 is 0 Å². The van der Waals surface area contributed by atoms with Crippen LogP contribution in [0.25, 0.3) is 0 Å². The van der Waals surface area contributed by atoms with Crippen molar-refractivity contribution in [1.29, 1.82) is 0 Å². The molecule has 0 radical (unpaired) electrons. The van der Waals surface area contributed by atoms with Crippen LogP contribution < -0.4 is 5.32 Å². The van der Waals surface area contributed by atoms with Crippen LogP contribution in [0, 0.1) is 0 Å². The minimum absolute atomic E-state index is 0.0949. The fourth-order valence-corrected chi connectivity index (χ4v) is 5.54. The molecular weight excluding hydrogens is 464 g/mol. The van der Waals surface area contributed by atoms with E-state index in [1.165, 1.54) is 0 Å². The van der Waals surface area contributed by atoms with Crippen molar-refractivity contribution >= 4 is 21.6 Å². The average molecular weight is 497 g/mol. The van der Waals surface area contributed by atoms with Gasteiger partial charge in [-0.2, -0.15) is 9.29 Å². The van der Waals surface area contributed by atoms with E-state index in [1.54, 1.807) is 28.6 Å². The molecule has 0 atom stereocenters. The van der Waals surface area contributed by atoms with Gasteiger partial charge in [-0.05, 0) is 54.7 Å². The van der Waals surface area contributed by atoms with Gasteiger partial charge >= 0.3 is 0 Å². The molecule has 1 aliphatic rings. The van der Waals surface area contributed by atoms with E-state index in [0.717, 1.165) is 36.1 Å². The van der Waals surface area contributed by atoms with Gasteiger partial charge in [-0.1, -0.05) is 49.7 Å². The number of sulfonamides is 1. The number of piperidine rings is 1. The average Bonchev–Trinajstić information content (AvgIpc) is 3.34. The SMILES string of the molecule is CC(C)c1nc(Cc2ccc(NC(=O)CCc3ccc(S(=O)(=O)N4CCCCC4)cc3)cc2)no1. The molecular formula is C26H32N4O4S. The summed E-state index contributed by atoms with van der Waals surface area (Å²) in [5, 5.41) is 6.92. The lowest BCUT2D eigenvalue weighted by Gasteiger charge is -2.25. The quantitative estimate of drug-likeness (QED) is 0.467. The number of anilines is 1. The lowest BCUT2D eigenvalue weighted by molar-refractivity contribution is -0.116. The minimum Gasteiger partial charge on any atom is -0.339 e. The number of nitrogens with zero attached hydrogens (tertiary/aromatic N) is 3. The van der Waals surface area contributed by atoms with E-state index < -0.39 is 10.0 Å². The summed E-state index contributed by atoms with van der Waals surface area (Å²) in [5.74, 6) is 1.37. The Morgan fingerprint density at radius 1 is 1.00 bits per heavy atom. The van der Waals surface area contributed by atoms with Gasteiger partial charge in [-0.25, -0.2) is 8.42 Å². The number of aryl methyl sites for hydroxylation is 1. The second kappa shape index (κ2) is 11.1. The molecule has 1 amide bonds. The maximum atomic E-state index is 12.8. The van der Waals surface area contributed by atoms with Crippen LogP contribution in [0.3, 0.4) is 0 Å². The molecule has 3 aromatic rings. The Bertz CT molecular complexity index is 1230. The predicted molar refractivity (Wildman–Crippen MR) is 134 cm³/mol. The Hall–Kier alpha value is -3.04. The summed E-state index contributed by atoms with van der Waals surface area (Å²) >= 11 is 0. The van der Waals surface area contributed by atoms with Crippen molar-refractivity contribution in [1.82, 2.24) is 14.4 Å². The molecule has 0 unspecified atom stereocenters. The van der Waals surface area contributed by atoms with Crippen LogP contribution in [0.4, 0.5) is 5.69 Å². The molecule has 0 saturated carbocycles. The van der Waals surface area contributed by atoms with Crippen LogP contribution in [0.5, 0.6) is 0 Å². The number of benzene rings is 2. The zero-order valence-corrected chi connectivity index (χ0v) is 21.1. The Balaban J connectivity index is 1.26. The first-order valence-corrected chi connectivity index (χ1v) is 13.6. The predicted octanol–water partition coefficient (Wildman–Crippen LogP) is 4.53. The van der Waals surface area contributed by atoms with Crippen molar-refractivity contribution in [3.63, 3.8) is 0 Å². The van der Waals surface area contributed by atoms with Gasteiger partial charge in [0.25, 0.3) is 0 Å². The molecule has 0 bridgehead atoms. The van der Waals surface area contributed by atoms with Crippen molar-refractivity contribution in [2.24, 2.45) is 0 Å². The number of aromatic nitrogens is 2. The van der Waals surface area contributed by atoms with E-state index in [1.807, 2.05) is 38.1 Å². The smallest absolute Gasteiger partial charge is 0.243 e. The van der Waals surface area contributed by atoms with Gasteiger partial charge < -0.3 is 9.84 Å². The summed E-state index contributed by atoms with van der Waals surface area (Å²) in [4.78, 5) is 17.1. The number of carbonyl (C=O) groups excluding carboxylic acids is 1. The van der Waals surface area contributed by atoms with Gasteiger partial charge in [0.15, 0.2) is 5.82 Å². The molecule has 1 N–H and O–H groups in total. The van der Waals surface area contributed by atoms with Crippen molar-refractivity contribution in [3.05, 3.63) is 71.4 Å². The lowest BCUT2D eigenvalue weighted by atomic mass is 10.1. The third-order valence-electron chi connectivity index (χ3n) is 6.09. The van der Waals surface area contributed by atoms with Crippen LogP contribution in [-0.4, -0.2) is 41.9 Å². The minimum atomic E-state index is -3.44. The fraction of sp³-hybridized carbons (Fsp3) is 0.423. The maximum absolute atomic E-state index is 12.8. The molecule has 35 heavy (non-hydrogen) atoms. The van der Waals surface area contributed by atoms with E-state index in [-0.39, 0.29) is 11.8 Å². The van der Waals surface area contributed by atoms with E-state index in [9.17, 15) is 13.2 Å². The molecule has 4 rings (SSSR count). The zero-order valence-electron chi connectivity index (χ0n) is 20.2.